The number of benzene rings is 1. The first-order valence-corrected chi connectivity index (χ1v) is 4.83. The van der Waals surface area contributed by atoms with Gasteiger partial charge in [0.1, 0.15) is 6.29 Å². The van der Waals surface area contributed by atoms with Crippen LogP contribution in [0.15, 0.2) is 18.2 Å². The van der Waals surface area contributed by atoms with Crippen molar-refractivity contribution in [3.05, 3.63) is 34.9 Å². The molecule has 0 N–H and O–H groups in total. The average molecular weight is 211 g/mol. The lowest BCUT2D eigenvalue weighted by molar-refractivity contribution is -0.116. The number of carbonyl (C=O) groups excluding carboxylic acids is 2. The zero-order valence-corrected chi connectivity index (χ0v) is 8.67. The molecule has 0 aliphatic carbocycles. The Morgan fingerprint density at radius 2 is 2.21 bits per heavy atom. The molecule has 0 saturated carbocycles. The van der Waals surface area contributed by atoms with Crippen molar-refractivity contribution in [3.63, 3.8) is 0 Å². The summed E-state index contributed by atoms with van der Waals surface area (Å²) in [5.41, 5.74) is 2.37. The Morgan fingerprint density at radius 3 is 2.79 bits per heavy atom. The monoisotopic (exact) mass is 210 g/mol. The van der Waals surface area contributed by atoms with Gasteiger partial charge in [0.2, 0.25) is 0 Å². The minimum Gasteiger partial charge on any atom is -0.298 e. The molecule has 0 atom stereocenters. The predicted octanol–water partition coefficient (Wildman–Crippen LogP) is 2.16. The summed E-state index contributed by atoms with van der Waals surface area (Å²) in [7, 11) is 0. The summed E-state index contributed by atoms with van der Waals surface area (Å²) >= 11 is 5.41. The molecule has 0 bridgehead atoms. The fourth-order valence-electron chi connectivity index (χ4n) is 1.28. The summed E-state index contributed by atoms with van der Waals surface area (Å²) in [6, 6.07) is 5.34. The summed E-state index contributed by atoms with van der Waals surface area (Å²) in [5.74, 6) is -0.0112. The van der Waals surface area contributed by atoms with Crippen LogP contribution in [0, 0.1) is 6.92 Å². The molecule has 0 aliphatic heterocycles. The molecule has 74 valence electrons. The molecule has 1 rings (SSSR count). The van der Waals surface area contributed by atoms with Crippen LogP contribution < -0.4 is 0 Å². The lowest BCUT2D eigenvalue weighted by Crippen LogP contribution is -2.06. The number of hydrogen-bond acceptors (Lipinski definition) is 2. The maximum Gasteiger partial charge on any atom is 0.151 e. The summed E-state index contributed by atoms with van der Waals surface area (Å²) in [5, 5.41) is 0. The number of hydrogen-bond donors (Lipinski definition) is 0. The zero-order chi connectivity index (χ0) is 10.6. The van der Waals surface area contributed by atoms with Crippen molar-refractivity contribution in [2.45, 2.75) is 13.3 Å². The predicted molar refractivity (Wildman–Crippen MR) is 56.0 cm³/mol. The van der Waals surface area contributed by atoms with E-state index in [1.165, 1.54) is 0 Å². The van der Waals surface area contributed by atoms with E-state index in [1.54, 1.807) is 12.1 Å². The minimum absolute atomic E-state index is 0.0186. The molecule has 0 unspecified atom stereocenters. The Hall–Kier alpha value is -1.15. The Balaban J connectivity index is 2.97. The van der Waals surface area contributed by atoms with E-state index < -0.39 is 0 Å². The van der Waals surface area contributed by atoms with Crippen LogP contribution in [0.25, 0.3) is 0 Å². The number of ketones is 1. The van der Waals surface area contributed by atoms with Gasteiger partial charge in [0, 0.05) is 12.0 Å². The van der Waals surface area contributed by atoms with Gasteiger partial charge in [-0.3, -0.25) is 9.59 Å². The maximum absolute atomic E-state index is 11.1. The van der Waals surface area contributed by atoms with Crippen molar-refractivity contribution in [1.82, 2.24) is 0 Å². The van der Waals surface area contributed by atoms with Crippen molar-refractivity contribution in [3.8, 4) is 0 Å². The highest BCUT2D eigenvalue weighted by molar-refractivity contribution is 6.27. The Labute approximate surface area is 87.9 Å². The number of halogens is 1. The number of carbonyl (C=O) groups is 2. The number of rotatable bonds is 4. The van der Waals surface area contributed by atoms with Crippen molar-refractivity contribution >= 4 is 23.7 Å². The van der Waals surface area contributed by atoms with E-state index in [4.69, 9.17) is 11.6 Å². The van der Waals surface area contributed by atoms with Gasteiger partial charge in [0.25, 0.3) is 0 Å². The molecule has 0 fully saturated rings. The first kappa shape index (κ1) is 10.9. The van der Waals surface area contributed by atoms with Crippen molar-refractivity contribution in [2.24, 2.45) is 0 Å². The summed E-state index contributed by atoms with van der Waals surface area (Å²) in [4.78, 5) is 21.7. The maximum atomic E-state index is 11.1. The van der Waals surface area contributed by atoms with Crippen LogP contribution in [0.1, 0.15) is 21.5 Å². The van der Waals surface area contributed by atoms with Crippen molar-refractivity contribution in [2.75, 3.05) is 5.88 Å². The SMILES string of the molecule is Cc1c(C=O)cccc1CC(=O)CCl. The highest BCUT2D eigenvalue weighted by atomic mass is 35.5. The van der Waals surface area contributed by atoms with Crippen LogP contribution in [0.3, 0.4) is 0 Å². The fourth-order valence-corrected chi connectivity index (χ4v) is 1.38. The van der Waals surface area contributed by atoms with Crippen molar-refractivity contribution < 1.29 is 9.59 Å². The van der Waals surface area contributed by atoms with Gasteiger partial charge in [-0.05, 0) is 18.1 Å². The number of aldehydes is 1. The number of alkyl halides is 1. The van der Waals surface area contributed by atoms with Gasteiger partial charge in [0.15, 0.2) is 5.78 Å². The lowest BCUT2D eigenvalue weighted by atomic mass is 9.99. The van der Waals surface area contributed by atoms with Crippen LogP contribution in [0.2, 0.25) is 0 Å². The second-order valence-electron chi connectivity index (χ2n) is 3.10. The molecule has 1 aromatic carbocycles. The van der Waals surface area contributed by atoms with Gasteiger partial charge in [-0.15, -0.1) is 11.6 Å². The highest BCUT2D eigenvalue weighted by Crippen LogP contribution is 2.13. The third-order valence-corrected chi connectivity index (χ3v) is 2.45. The molecule has 0 radical (unpaired) electrons. The van der Waals surface area contributed by atoms with E-state index in [2.05, 4.69) is 0 Å². The molecule has 0 saturated heterocycles. The molecule has 0 amide bonds. The molecule has 2 nitrogen and oxygen atoms in total. The first-order chi connectivity index (χ1) is 6.69. The quantitative estimate of drug-likeness (QED) is 0.564. The Morgan fingerprint density at radius 1 is 1.50 bits per heavy atom. The van der Waals surface area contributed by atoms with Gasteiger partial charge >= 0.3 is 0 Å². The van der Waals surface area contributed by atoms with E-state index in [9.17, 15) is 9.59 Å². The van der Waals surface area contributed by atoms with Crippen LogP contribution in [-0.4, -0.2) is 17.9 Å². The molecule has 0 heterocycles. The van der Waals surface area contributed by atoms with Gasteiger partial charge in [-0.25, -0.2) is 0 Å². The Kier molecular flexibility index (Phi) is 3.84. The minimum atomic E-state index is -0.0298. The van der Waals surface area contributed by atoms with E-state index in [-0.39, 0.29) is 11.7 Å². The van der Waals surface area contributed by atoms with E-state index in [0.717, 1.165) is 17.4 Å². The van der Waals surface area contributed by atoms with E-state index in [1.807, 2.05) is 13.0 Å². The van der Waals surface area contributed by atoms with Crippen LogP contribution >= 0.6 is 11.6 Å². The van der Waals surface area contributed by atoms with Crippen LogP contribution in [-0.2, 0) is 11.2 Å². The van der Waals surface area contributed by atoms with Crippen LogP contribution in [0.4, 0.5) is 0 Å². The lowest BCUT2D eigenvalue weighted by Gasteiger charge is -2.05. The normalized spacial score (nSPS) is 9.86. The fraction of sp³-hybridized carbons (Fsp3) is 0.273. The molecule has 0 aliphatic rings. The second kappa shape index (κ2) is 4.91. The molecule has 0 aromatic heterocycles. The number of Topliss-reactive ketones (excluding diaryl/α,β-unsaturated/α-hetero) is 1. The van der Waals surface area contributed by atoms with E-state index in [0.29, 0.717) is 12.0 Å². The second-order valence-corrected chi connectivity index (χ2v) is 3.37. The molecule has 1 aromatic rings. The molecular formula is C11H11ClO2. The zero-order valence-electron chi connectivity index (χ0n) is 7.92. The summed E-state index contributed by atoms with van der Waals surface area (Å²) < 4.78 is 0. The third-order valence-electron chi connectivity index (χ3n) is 2.15. The summed E-state index contributed by atoms with van der Waals surface area (Å²) in [6.45, 7) is 1.83. The topological polar surface area (TPSA) is 34.1 Å². The summed E-state index contributed by atoms with van der Waals surface area (Å²) in [6.07, 6.45) is 1.10. The van der Waals surface area contributed by atoms with E-state index >= 15 is 0 Å². The average Bonchev–Trinajstić information content (AvgIpc) is 2.21. The van der Waals surface area contributed by atoms with Gasteiger partial charge in [-0.1, -0.05) is 18.2 Å². The third kappa shape index (κ3) is 2.42. The Bertz CT molecular complexity index is 358. The van der Waals surface area contributed by atoms with Gasteiger partial charge < -0.3 is 0 Å². The smallest absolute Gasteiger partial charge is 0.151 e. The van der Waals surface area contributed by atoms with Crippen LogP contribution in [0.5, 0.6) is 0 Å². The largest absolute Gasteiger partial charge is 0.298 e. The molecule has 0 spiro atoms. The standard InChI is InChI=1S/C11H11ClO2/c1-8-9(5-11(14)6-12)3-2-4-10(8)7-13/h2-4,7H,5-6H2,1H3. The van der Waals surface area contributed by atoms with Crippen molar-refractivity contribution in [1.29, 1.82) is 0 Å². The first-order valence-electron chi connectivity index (χ1n) is 4.30. The van der Waals surface area contributed by atoms with Gasteiger partial charge in [-0.2, -0.15) is 0 Å². The molecular weight excluding hydrogens is 200 g/mol. The molecule has 3 heteroatoms. The van der Waals surface area contributed by atoms with Gasteiger partial charge in [0.05, 0.1) is 5.88 Å². The highest BCUT2D eigenvalue weighted by Gasteiger charge is 2.06. The molecule has 14 heavy (non-hydrogen) atoms.